The van der Waals surface area contributed by atoms with Crippen LogP contribution in [0.25, 0.3) is 11.1 Å². The van der Waals surface area contributed by atoms with E-state index in [4.69, 9.17) is 10.3 Å². The minimum Gasteiger partial charge on any atom is -0.478 e. The first-order chi connectivity index (χ1) is 12.3. The SMILES string of the molecule is C[C@@H](O)[C@H](NC(=O)c1ccc(-c2cncc(C(=O)O)c2)cc1)C(=O)NO. The van der Waals surface area contributed by atoms with E-state index in [0.29, 0.717) is 11.1 Å². The number of aliphatic hydroxyl groups is 1. The van der Waals surface area contributed by atoms with Gasteiger partial charge in [0.2, 0.25) is 0 Å². The van der Waals surface area contributed by atoms with Crippen molar-refractivity contribution >= 4 is 17.8 Å². The summed E-state index contributed by atoms with van der Waals surface area (Å²) in [7, 11) is 0. The van der Waals surface area contributed by atoms with Crippen molar-refractivity contribution in [3.05, 3.63) is 53.9 Å². The van der Waals surface area contributed by atoms with Crippen LogP contribution in [0.5, 0.6) is 0 Å². The second-order valence-corrected chi connectivity index (χ2v) is 5.51. The molecule has 0 fully saturated rings. The van der Waals surface area contributed by atoms with Crippen LogP contribution in [-0.2, 0) is 4.79 Å². The summed E-state index contributed by atoms with van der Waals surface area (Å²) in [5, 5.41) is 29.5. The fourth-order valence-electron chi connectivity index (χ4n) is 2.23. The maximum absolute atomic E-state index is 12.2. The van der Waals surface area contributed by atoms with Gasteiger partial charge >= 0.3 is 5.97 Å². The summed E-state index contributed by atoms with van der Waals surface area (Å²) < 4.78 is 0. The topological polar surface area (TPSA) is 149 Å². The molecule has 0 radical (unpaired) electrons. The number of rotatable bonds is 6. The van der Waals surface area contributed by atoms with Crippen molar-refractivity contribution in [2.75, 3.05) is 0 Å². The Morgan fingerprint density at radius 3 is 2.23 bits per heavy atom. The van der Waals surface area contributed by atoms with E-state index in [1.807, 2.05) is 0 Å². The van der Waals surface area contributed by atoms with Crippen molar-refractivity contribution in [1.29, 1.82) is 0 Å². The maximum Gasteiger partial charge on any atom is 0.337 e. The van der Waals surface area contributed by atoms with E-state index >= 15 is 0 Å². The van der Waals surface area contributed by atoms with Gasteiger partial charge in [0.05, 0.1) is 11.7 Å². The second kappa shape index (κ2) is 8.19. The summed E-state index contributed by atoms with van der Waals surface area (Å²) in [6.45, 7) is 1.30. The number of benzene rings is 1. The van der Waals surface area contributed by atoms with Gasteiger partial charge < -0.3 is 15.5 Å². The molecule has 5 N–H and O–H groups in total. The number of hydrogen-bond acceptors (Lipinski definition) is 6. The standard InChI is InChI=1S/C17H17N3O6/c1-9(21)14(16(23)20-26)19-15(22)11-4-2-10(3-5-11)12-6-13(17(24)25)8-18-7-12/h2-9,14,21,26H,1H3,(H,19,22)(H,20,23)(H,24,25)/t9-,14+/m1/s1. The molecule has 0 saturated heterocycles. The van der Waals surface area contributed by atoms with E-state index in [1.165, 1.54) is 43.0 Å². The molecule has 0 aliphatic rings. The zero-order valence-corrected chi connectivity index (χ0v) is 13.7. The van der Waals surface area contributed by atoms with Crippen LogP contribution in [0.2, 0.25) is 0 Å². The van der Waals surface area contributed by atoms with Gasteiger partial charge in [-0.1, -0.05) is 12.1 Å². The summed E-state index contributed by atoms with van der Waals surface area (Å²) in [4.78, 5) is 38.5. The minimum atomic E-state index is -1.32. The monoisotopic (exact) mass is 359 g/mol. The van der Waals surface area contributed by atoms with Gasteiger partial charge in [-0.2, -0.15) is 0 Å². The third-order valence-corrected chi connectivity index (χ3v) is 3.63. The molecule has 26 heavy (non-hydrogen) atoms. The highest BCUT2D eigenvalue weighted by molar-refractivity contribution is 5.98. The zero-order chi connectivity index (χ0) is 19.3. The number of hydroxylamine groups is 1. The summed E-state index contributed by atoms with van der Waals surface area (Å²) >= 11 is 0. The Labute approximate surface area is 148 Å². The predicted octanol–water partition coefficient (Wildman–Crippen LogP) is 0.431. The minimum absolute atomic E-state index is 0.0408. The molecule has 0 saturated carbocycles. The maximum atomic E-state index is 12.2. The molecule has 1 aromatic carbocycles. The van der Waals surface area contributed by atoms with Gasteiger partial charge in [-0.3, -0.25) is 19.8 Å². The highest BCUT2D eigenvalue weighted by Gasteiger charge is 2.25. The molecule has 9 nitrogen and oxygen atoms in total. The number of carbonyl (C=O) groups is 3. The fraction of sp³-hybridized carbons (Fsp3) is 0.176. The van der Waals surface area contributed by atoms with Gasteiger partial charge in [-0.15, -0.1) is 0 Å². The molecule has 2 amide bonds. The van der Waals surface area contributed by atoms with E-state index < -0.39 is 29.9 Å². The molecular weight excluding hydrogens is 342 g/mol. The van der Waals surface area contributed by atoms with Gasteiger partial charge in [0.25, 0.3) is 11.8 Å². The van der Waals surface area contributed by atoms with Gasteiger partial charge in [0.1, 0.15) is 6.04 Å². The van der Waals surface area contributed by atoms with E-state index in [1.54, 1.807) is 12.1 Å². The van der Waals surface area contributed by atoms with Crippen LogP contribution in [-0.4, -0.2) is 50.3 Å². The summed E-state index contributed by atoms with van der Waals surface area (Å²) in [6.07, 6.45) is 1.52. The van der Waals surface area contributed by atoms with Crippen molar-refractivity contribution in [2.24, 2.45) is 0 Å². The first-order valence-corrected chi connectivity index (χ1v) is 7.55. The zero-order valence-electron chi connectivity index (χ0n) is 13.7. The van der Waals surface area contributed by atoms with Crippen LogP contribution in [0, 0.1) is 0 Å². The van der Waals surface area contributed by atoms with Crippen LogP contribution >= 0.6 is 0 Å². The Morgan fingerprint density at radius 2 is 1.69 bits per heavy atom. The van der Waals surface area contributed by atoms with Gasteiger partial charge in [-0.05, 0) is 30.7 Å². The van der Waals surface area contributed by atoms with E-state index in [0.717, 1.165) is 0 Å². The largest absolute Gasteiger partial charge is 0.478 e. The highest BCUT2D eigenvalue weighted by atomic mass is 16.5. The molecule has 136 valence electrons. The molecule has 0 unspecified atom stereocenters. The first-order valence-electron chi connectivity index (χ1n) is 7.55. The van der Waals surface area contributed by atoms with Crippen molar-refractivity contribution in [3.8, 4) is 11.1 Å². The molecule has 2 aromatic rings. The summed E-state index contributed by atoms with van der Waals surface area (Å²) in [5.41, 5.74) is 2.85. The third kappa shape index (κ3) is 4.41. The Bertz CT molecular complexity index is 820. The average molecular weight is 359 g/mol. The number of carbonyl (C=O) groups excluding carboxylic acids is 2. The molecule has 2 rings (SSSR count). The molecule has 0 bridgehead atoms. The van der Waals surface area contributed by atoms with Crippen molar-refractivity contribution in [3.63, 3.8) is 0 Å². The Morgan fingerprint density at radius 1 is 1.04 bits per heavy atom. The van der Waals surface area contributed by atoms with E-state index in [-0.39, 0.29) is 11.1 Å². The van der Waals surface area contributed by atoms with E-state index in [2.05, 4.69) is 10.3 Å². The average Bonchev–Trinajstić information content (AvgIpc) is 2.65. The number of aliphatic hydroxyl groups excluding tert-OH is 1. The van der Waals surface area contributed by atoms with Gasteiger partial charge in [-0.25, -0.2) is 10.3 Å². The van der Waals surface area contributed by atoms with E-state index in [9.17, 15) is 19.5 Å². The number of nitrogens with one attached hydrogen (secondary N) is 2. The number of aromatic carboxylic acids is 1. The third-order valence-electron chi connectivity index (χ3n) is 3.63. The number of nitrogens with zero attached hydrogens (tertiary/aromatic N) is 1. The molecule has 9 heteroatoms. The number of pyridine rings is 1. The molecule has 0 spiro atoms. The van der Waals surface area contributed by atoms with Crippen molar-refractivity contribution in [2.45, 2.75) is 19.1 Å². The van der Waals surface area contributed by atoms with Crippen LogP contribution in [0.15, 0.2) is 42.7 Å². The second-order valence-electron chi connectivity index (χ2n) is 5.51. The lowest BCUT2D eigenvalue weighted by Crippen LogP contribution is -2.51. The van der Waals surface area contributed by atoms with Gasteiger partial charge in [0.15, 0.2) is 0 Å². The van der Waals surface area contributed by atoms with Crippen LogP contribution in [0.3, 0.4) is 0 Å². The smallest absolute Gasteiger partial charge is 0.337 e. The van der Waals surface area contributed by atoms with Crippen LogP contribution < -0.4 is 10.8 Å². The molecular formula is C17H17N3O6. The number of hydrogen-bond donors (Lipinski definition) is 5. The lowest BCUT2D eigenvalue weighted by atomic mass is 10.0. The van der Waals surface area contributed by atoms with Crippen LogP contribution in [0.1, 0.15) is 27.6 Å². The number of carboxylic acids is 1. The highest BCUT2D eigenvalue weighted by Crippen LogP contribution is 2.20. The molecule has 2 atom stereocenters. The summed E-state index contributed by atoms with van der Waals surface area (Å²) in [5.74, 6) is -2.66. The Kier molecular flexibility index (Phi) is 5.99. The molecule has 1 aromatic heterocycles. The summed E-state index contributed by atoms with van der Waals surface area (Å²) in [6, 6.07) is 6.30. The van der Waals surface area contributed by atoms with Crippen LogP contribution in [0.4, 0.5) is 0 Å². The molecule has 0 aliphatic heterocycles. The van der Waals surface area contributed by atoms with Crippen molar-refractivity contribution < 1.29 is 29.8 Å². The molecule has 0 aliphatic carbocycles. The molecule has 1 heterocycles. The predicted molar refractivity (Wildman–Crippen MR) is 89.5 cm³/mol. The lowest BCUT2D eigenvalue weighted by molar-refractivity contribution is -0.133. The number of carboxylic acid groups (broad SMARTS) is 1. The van der Waals surface area contributed by atoms with Crippen molar-refractivity contribution in [1.82, 2.24) is 15.8 Å². The Hall–Kier alpha value is -3.30. The first kappa shape index (κ1) is 19.0. The normalized spacial score (nSPS) is 12.7. The fourth-order valence-corrected chi connectivity index (χ4v) is 2.23. The number of amides is 2. The van der Waals surface area contributed by atoms with Gasteiger partial charge in [0, 0.05) is 23.5 Å². The number of aromatic nitrogens is 1. The lowest BCUT2D eigenvalue weighted by Gasteiger charge is -2.19. The quantitative estimate of drug-likeness (QED) is 0.371. The Balaban J connectivity index is 2.18.